The molecule has 1 aromatic carbocycles. The van der Waals surface area contributed by atoms with Crippen LogP contribution in [0.5, 0.6) is 5.75 Å². The SMILES string of the molecule is CCCOc1ccc(N)cc1CC. The lowest BCUT2D eigenvalue weighted by atomic mass is 10.1. The Kier molecular flexibility index (Phi) is 3.62. The molecule has 0 heterocycles. The van der Waals surface area contributed by atoms with Gasteiger partial charge in [0.2, 0.25) is 0 Å². The van der Waals surface area contributed by atoms with Crippen LogP contribution in [-0.4, -0.2) is 6.61 Å². The fourth-order valence-electron chi connectivity index (χ4n) is 1.23. The van der Waals surface area contributed by atoms with Gasteiger partial charge in [0.1, 0.15) is 5.75 Å². The normalized spacial score (nSPS) is 10.0. The molecular formula is C11H17NO. The van der Waals surface area contributed by atoms with Crippen molar-refractivity contribution in [2.75, 3.05) is 12.3 Å². The predicted octanol–water partition coefficient (Wildman–Crippen LogP) is 2.62. The predicted molar refractivity (Wildman–Crippen MR) is 56.0 cm³/mol. The number of aryl methyl sites for hydroxylation is 1. The molecule has 0 unspecified atom stereocenters. The number of nitrogens with two attached hydrogens (primary N) is 1. The molecule has 0 aliphatic carbocycles. The third-order valence-corrected chi connectivity index (χ3v) is 1.93. The summed E-state index contributed by atoms with van der Waals surface area (Å²) in [5.41, 5.74) is 7.67. The molecule has 0 aliphatic heterocycles. The largest absolute Gasteiger partial charge is 0.493 e. The molecule has 0 aliphatic rings. The standard InChI is InChI=1S/C11H17NO/c1-3-7-13-11-6-5-10(12)8-9(11)4-2/h5-6,8H,3-4,7,12H2,1-2H3. The lowest BCUT2D eigenvalue weighted by Gasteiger charge is -2.09. The van der Waals surface area contributed by atoms with Crippen molar-refractivity contribution in [2.24, 2.45) is 0 Å². The quantitative estimate of drug-likeness (QED) is 0.721. The van der Waals surface area contributed by atoms with E-state index in [0.717, 1.165) is 30.9 Å². The van der Waals surface area contributed by atoms with Gasteiger partial charge in [0.15, 0.2) is 0 Å². The summed E-state index contributed by atoms with van der Waals surface area (Å²) in [6.45, 7) is 4.98. The zero-order valence-electron chi connectivity index (χ0n) is 8.34. The molecule has 2 nitrogen and oxygen atoms in total. The maximum atomic E-state index is 5.68. The minimum atomic E-state index is 0.775. The van der Waals surface area contributed by atoms with Crippen molar-refractivity contribution in [3.8, 4) is 5.75 Å². The van der Waals surface area contributed by atoms with E-state index in [2.05, 4.69) is 13.8 Å². The third kappa shape index (κ3) is 2.65. The summed E-state index contributed by atoms with van der Waals surface area (Å²) >= 11 is 0. The van der Waals surface area contributed by atoms with Gasteiger partial charge in [-0.2, -0.15) is 0 Å². The van der Waals surface area contributed by atoms with E-state index in [4.69, 9.17) is 10.5 Å². The van der Waals surface area contributed by atoms with Crippen molar-refractivity contribution in [3.05, 3.63) is 23.8 Å². The smallest absolute Gasteiger partial charge is 0.122 e. The number of rotatable bonds is 4. The van der Waals surface area contributed by atoms with Gasteiger partial charge in [-0.05, 0) is 36.6 Å². The van der Waals surface area contributed by atoms with E-state index in [-0.39, 0.29) is 0 Å². The molecule has 0 spiro atoms. The second-order valence-electron chi connectivity index (χ2n) is 3.07. The maximum Gasteiger partial charge on any atom is 0.122 e. The summed E-state index contributed by atoms with van der Waals surface area (Å²) < 4.78 is 5.58. The molecule has 2 heteroatoms. The van der Waals surface area contributed by atoms with E-state index < -0.39 is 0 Å². The molecule has 72 valence electrons. The van der Waals surface area contributed by atoms with Crippen molar-refractivity contribution in [2.45, 2.75) is 26.7 Å². The number of benzene rings is 1. The Labute approximate surface area is 79.7 Å². The Hall–Kier alpha value is -1.18. The third-order valence-electron chi connectivity index (χ3n) is 1.93. The monoisotopic (exact) mass is 179 g/mol. The average molecular weight is 179 g/mol. The van der Waals surface area contributed by atoms with Gasteiger partial charge in [-0.3, -0.25) is 0 Å². The molecule has 0 aromatic heterocycles. The van der Waals surface area contributed by atoms with E-state index in [1.54, 1.807) is 0 Å². The Morgan fingerprint density at radius 1 is 1.31 bits per heavy atom. The van der Waals surface area contributed by atoms with Gasteiger partial charge >= 0.3 is 0 Å². The molecular weight excluding hydrogens is 162 g/mol. The number of hydrogen-bond acceptors (Lipinski definition) is 2. The molecule has 0 radical (unpaired) electrons. The van der Waals surface area contributed by atoms with E-state index in [1.165, 1.54) is 5.56 Å². The molecule has 0 amide bonds. The Balaban J connectivity index is 2.79. The van der Waals surface area contributed by atoms with E-state index in [0.29, 0.717) is 0 Å². The van der Waals surface area contributed by atoms with Crippen LogP contribution in [0.3, 0.4) is 0 Å². The van der Waals surface area contributed by atoms with Crippen LogP contribution in [0, 0.1) is 0 Å². The second-order valence-corrected chi connectivity index (χ2v) is 3.07. The topological polar surface area (TPSA) is 35.2 Å². The van der Waals surface area contributed by atoms with E-state index >= 15 is 0 Å². The summed E-state index contributed by atoms with van der Waals surface area (Å²) in [4.78, 5) is 0. The van der Waals surface area contributed by atoms with Crippen molar-refractivity contribution in [3.63, 3.8) is 0 Å². The molecule has 0 saturated heterocycles. The lowest BCUT2D eigenvalue weighted by Crippen LogP contribution is -1.99. The van der Waals surface area contributed by atoms with Crippen LogP contribution in [0.1, 0.15) is 25.8 Å². The molecule has 0 bridgehead atoms. The average Bonchev–Trinajstić information content (AvgIpc) is 2.16. The summed E-state index contributed by atoms with van der Waals surface area (Å²) in [7, 11) is 0. The highest BCUT2D eigenvalue weighted by Crippen LogP contribution is 2.21. The van der Waals surface area contributed by atoms with Crippen molar-refractivity contribution >= 4 is 5.69 Å². The van der Waals surface area contributed by atoms with Crippen LogP contribution in [0.15, 0.2) is 18.2 Å². The molecule has 1 rings (SSSR count). The maximum absolute atomic E-state index is 5.68. The Morgan fingerprint density at radius 3 is 2.69 bits per heavy atom. The van der Waals surface area contributed by atoms with E-state index in [9.17, 15) is 0 Å². The molecule has 0 fully saturated rings. The number of hydrogen-bond donors (Lipinski definition) is 1. The first-order chi connectivity index (χ1) is 6.27. The fraction of sp³-hybridized carbons (Fsp3) is 0.455. The van der Waals surface area contributed by atoms with Gasteiger partial charge in [-0.1, -0.05) is 13.8 Å². The molecule has 13 heavy (non-hydrogen) atoms. The lowest BCUT2D eigenvalue weighted by molar-refractivity contribution is 0.314. The van der Waals surface area contributed by atoms with Crippen LogP contribution in [-0.2, 0) is 6.42 Å². The number of anilines is 1. The Morgan fingerprint density at radius 2 is 2.08 bits per heavy atom. The minimum Gasteiger partial charge on any atom is -0.493 e. The van der Waals surface area contributed by atoms with Gasteiger partial charge in [-0.15, -0.1) is 0 Å². The van der Waals surface area contributed by atoms with Gasteiger partial charge in [0.05, 0.1) is 6.61 Å². The zero-order chi connectivity index (χ0) is 9.68. The first kappa shape index (κ1) is 9.90. The molecule has 0 saturated carbocycles. The molecule has 0 atom stereocenters. The highest BCUT2D eigenvalue weighted by Gasteiger charge is 2.01. The second kappa shape index (κ2) is 4.75. The van der Waals surface area contributed by atoms with Gasteiger partial charge in [-0.25, -0.2) is 0 Å². The highest BCUT2D eigenvalue weighted by atomic mass is 16.5. The van der Waals surface area contributed by atoms with Crippen LogP contribution in [0.2, 0.25) is 0 Å². The first-order valence-corrected chi connectivity index (χ1v) is 4.79. The van der Waals surface area contributed by atoms with Crippen molar-refractivity contribution in [1.29, 1.82) is 0 Å². The summed E-state index contributed by atoms with van der Waals surface area (Å²) in [5.74, 6) is 0.971. The van der Waals surface area contributed by atoms with Crippen LogP contribution in [0.25, 0.3) is 0 Å². The Bertz CT molecular complexity index is 271. The zero-order valence-corrected chi connectivity index (χ0v) is 8.34. The van der Waals surface area contributed by atoms with Crippen LogP contribution in [0.4, 0.5) is 5.69 Å². The van der Waals surface area contributed by atoms with Gasteiger partial charge < -0.3 is 10.5 Å². The molecule has 1 aromatic rings. The van der Waals surface area contributed by atoms with Gasteiger partial charge in [0.25, 0.3) is 0 Å². The fourth-order valence-corrected chi connectivity index (χ4v) is 1.23. The van der Waals surface area contributed by atoms with Crippen LogP contribution >= 0.6 is 0 Å². The summed E-state index contributed by atoms with van der Waals surface area (Å²) in [6, 6.07) is 5.80. The first-order valence-electron chi connectivity index (χ1n) is 4.79. The highest BCUT2D eigenvalue weighted by molar-refractivity contribution is 5.47. The summed E-state index contributed by atoms with van der Waals surface area (Å²) in [6.07, 6.45) is 2.00. The summed E-state index contributed by atoms with van der Waals surface area (Å²) in [5, 5.41) is 0. The number of nitrogen functional groups attached to an aromatic ring is 1. The van der Waals surface area contributed by atoms with Crippen molar-refractivity contribution in [1.82, 2.24) is 0 Å². The van der Waals surface area contributed by atoms with Gasteiger partial charge in [0, 0.05) is 5.69 Å². The van der Waals surface area contributed by atoms with E-state index in [1.807, 2.05) is 18.2 Å². The molecule has 2 N–H and O–H groups in total. The number of ether oxygens (including phenoxy) is 1. The van der Waals surface area contributed by atoms with Crippen LogP contribution < -0.4 is 10.5 Å². The van der Waals surface area contributed by atoms with Crippen molar-refractivity contribution < 1.29 is 4.74 Å². The minimum absolute atomic E-state index is 0.775.